The molecule has 2 aliphatic rings. The summed E-state index contributed by atoms with van der Waals surface area (Å²) in [6.45, 7) is 0. The summed E-state index contributed by atoms with van der Waals surface area (Å²) in [6, 6.07) is 13.5. The summed E-state index contributed by atoms with van der Waals surface area (Å²) in [5, 5.41) is 10.1. The van der Waals surface area contributed by atoms with E-state index in [9.17, 15) is 10.1 Å². The van der Waals surface area contributed by atoms with Crippen LogP contribution in [0.15, 0.2) is 36.4 Å². The first-order chi connectivity index (χ1) is 12.7. The second-order valence-electron chi connectivity index (χ2n) is 7.28. The van der Waals surface area contributed by atoms with Crippen LogP contribution in [0.4, 0.5) is 0 Å². The van der Waals surface area contributed by atoms with Crippen molar-refractivity contribution in [2.24, 2.45) is 0 Å². The van der Waals surface area contributed by atoms with Crippen LogP contribution in [0.25, 0.3) is 10.9 Å². The van der Waals surface area contributed by atoms with Crippen LogP contribution in [0.2, 0.25) is 0 Å². The molecule has 1 fully saturated rings. The van der Waals surface area contributed by atoms with Crippen molar-refractivity contribution in [1.29, 1.82) is 5.26 Å². The molecule has 0 bridgehead atoms. The van der Waals surface area contributed by atoms with Crippen molar-refractivity contribution in [3.8, 4) is 11.8 Å². The number of carbonyl (C=O) groups is 1. The van der Waals surface area contributed by atoms with Crippen LogP contribution >= 0.6 is 0 Å². The van der Waals surface area contributed by atoms with Gasteiger partial charge in [0.15, 0.2) is 5.78 Å². The van der Waals surface area contributed by atoms with Gasteiger partial charge in [-0.1, -0.05) is 18.9 Å². The highest BCUT2D eigenvalue weighted by Gasteiger charge is 2.47. The van der Waals surface area contributed by atoms with Crippen LogP contribution < -0.4 is 4.74 Å². The monoisotopic (exact) mass is 342 g/mol. The minimum Gasteiger partial charge on any atom is -0.497 e. The molecule has 0 radical (unpaired) electrons. The number of nitriles is 1. The van der Waals surface area contributed by atoms with E-state index in [0.29, 0.717) is 5.56 Å². The maximum absolute atomic E-state index is 13.4. The van der Waals surface area contributed by atoms with Crippen molar-refractivity contribution < 1.29 is 9.53 Å². The van der Waals surface area contributed by atoms with Gasteiger partial charge in [0.2, 0.25) is 0 Å². The summed E-state index contributed by atoms with van der Waals surface area (Å²) in [7, 11) is 1.66. The first-order valence-corrected chi connectivity index (χ1v) is 8.97. The van der Waals surface area contributed by atoms with E-state index >= 15 is 0 Å². The topological polar surface area (TPSA) is 65.9 Å². The molecule has 4 heteroatoms. The van der Waals surface area contributed by atoms with Gasteiger partial charge in [0.1, 0.15) is 5.75 Å². The number of aromatic nitrogens is 1. The fourth-order valence-electron chi connectivity index (χ4n) is 4.87. The zero-order valence-electron chi connectivity index (χ0n) is 14.6. The molecule has 5 rings (SSSR count). The molecule has 1 heterocycles. The van der Waals surface area contributed by atoms with Crippen molar-refractivity contribution in [2.45, 2.75) is 31.1 Å². The van der Waals surface area contributed by atoms with Crippen LogP contribution in [-0.2, 0) is 5.41 Å². The Morgan fingerprint density at radius 1 is 1.15 bits per heavy atom. The average Bonchev–Trinajstić information content (AvgIpc) is 3.31. The van der Waals surface area contributed by atoms with Crippen molar-refractivity contribution in [1.82, 2.24) is 4.98 Å². The largest absolute Gasteiger partial charge is 0.497 e. The van der Waals surface area contributed by atoms with Gasteiger partial charge in [-0.2, -0.15) is 5.26 Å². The standard InChI is InChI=1S/C22H18N2O2/c1-26-14-5-7-15-17(11-14)22(8-2-3-9-22)21-19(20(15)25)16-6-4-13(12-23)10-18(16)24-21/h4-7,10-11,24H,2-3,8-9H2,1H3. The number of rotatable bonds is 1. The molecule has 0 aliphatic heterocycles. The number of fused-ring (bicyclic) bond motifs is 6. The molecule has 1 aromatic heterocycles. The Morgan fingerprint density at radius 3 is 2.69 bits per heavy atom. The highest BCUT2D eigenvalue weighted by molar-refractivity contribution is 6.20. The third-order valence-corrected chi connectivity index (χ3v) is 6.08. The number of ether oxygens (including phenoxy) is 1. The van der Waals surface area contributed by atoms with Gasteiger partial charge in [0.25, 0.3) is 0 Å². The first-order valence-electron chi connectivity index (χ1n) is 8.97. The van der Waals surface area contributed by atoms with Gasteiger partial charge in [-0.15, -0.1) is 0 Å². The van der Waals surface area contributed by atoms with Crippen molar-refractivity contribution in [3.05, 3.63) is 64.3 Å². The Kier molecular flexibility index (Phi) is 3.05. The van der Waals surface area contributed by atoms with E-state index in [1.54, 1.807) is 13.2 Å². The molecular formula is C22H18N2O2. The molecule has 2 aliphatic carbocycles. The lowest BCUT2D eigenvalue weighted by Crippen LogP contribution is -2.33. The van der Waals surface area contributed by atoms with Crippen LogP contribution in [0.3, 0.4) is 0 Å². The number of carbonyl (C=O) groups excluding carboxylic acids is 1. The van der Waals surface area contributed by atoms with Crippen molar-refractivity contribution in [2.75, 3.05) is 7.11 Å². The molecule has 2 aromatic carbocycles. The van der Waals surface area contributed by atoms with Gasteiger partial charge in [0.05, 0.1) is 24.3 Å². The van der Waals surface area contributed by atoms with E-state index in [-0.39, 0.29) is 11.2 Å². The summed E-state index contributed by atoms with van der Waals surface area (Å²) in [5.74, 6) is 0.847. The SMILES string of the molecule is COc1ccc2c(c1)C1(CCCC1)c1[nH]c3cc(C#N)ccc3c1C2=O. The molecule has 0 amide bonds. The second kappa shape index (κ2) is 5.22. The minimum atomic E-state index is -0.168. The number of hydrogen-bond acceptors (Lipinski definition) is 3. The average molecular weight is 342 g/mol. The number of H-pyrrole nitrogens is 1. The molecule has 128 valence electrons. The van der Waals surface area contributed by atoms with Gasteiger partial charge in [-0.3, -0.25) is 4.79 Å². The number of nitrogens with one attached hydrogen (secondary N) is 1. The molecule has 0 atom stereocenters. The van der Waals surface area contributed by atoms with Crippen molar-refractivity contribution in [3.63, 3.8) is 0 Å². The first kappa shape index (κ1) is 15.2. The predicted octanol–water partition coefficient (Wildman–Crippen LogP) is 4.45. The van der Waals surface area contributed by atoms with E-state index in [1.165, 1.54) is 0 Å². The molecule has 1 spiro atoms. The van der Waals surface area contributed by atoms with Gasteiger partial charge < -0.3 is 9.72 Å². The number of benzene rings is 2. The van der Waals surface area contributed by atoms with Crippen LogP contribution in [-0.4, -0.2) is 17.9 Å². The molecule has 3 aromatic rings. The molecule has 0 unspecified atom stereocenters. The Bertz CT molecular complexity index is 1110. The number of methoxy groups -OCH3 is 1. The Balaban J connectivity index is 1.86. The molecular weight excluding hydrogens is 324 g/mol. The van der Waals surface area contributed by atoms with E-state index in [0.717, 1.165) is 64.7 Å². The van der Waals surface area contributed by atoms with E-state index in [2.05, 4.69) is 11.1 Å². The van der Waals surface area contributed by atoms with E-state index in [4.69, 9.17) is 4.74 Å². The Hall–Kier alpha value is -3.06. The Labute approximate surface area is 151 Å². The maximum Gasteiger partial charge on any atom is 0.195 e. The molecule has 1 N–H and O–H groups in total. The summed E-state index contributed by atoms with van der Waals surface area (Å²) in [5.41, 5.74) is 4.97. The quantitative estimate of drug-likeness (QED) is 0.710. The summed E-state index contributed by atoms with van der Waals surface area (Å²) in [4.78, 5) is 16.9. The lowest BCUT2D eigenvalue weighted by Gasteiger charge is -2.35. The number of aromatic amines is 1. The minimum absolute atomic E-state index is 0.0612. The zero-order chi connectivity index (χ0) is 17.9. The molecule has 0 saturated heterocycles. The van der Waals surface area contributed by atoms with E-state index in [1.807, 2.05) is 30.3 Å². The van der Waals surface area contributed by atoms with E-state index < -0.39 is 0 Å². The number of ketones is 1. The highest BCUT2D eigenvalue weighted by atomic mass is 16.5. The smallest absolute Gasteiger partial charge is 0.195 e. The number of nitrogens with zero attached hydrogens (tertiary/aromatic N) is 1. The summed E-state index contributed by atoms with van der Waals surface area (Å²) in [6.07, 6.45) is 4.32. The molecule has 1 saturated carbocycles. The second-order valence-corrected chi connectivity index (χ2v) is 7.28. The summed E-state index contributed by atoms with van der Waals surface area (Å²) < 4.78 is 5.44. The van der Waals surface area contributed by atoms with Crippen molar-refractivity contribution >= 4 is 16.7 Å². The fraction of sp³-hybridized carbons (Fsp3) is 0.273. The van der Waals surface area contributed by atoms with Crippen LogP contribution in [0.5, 0.6) is 5.75 Å². The highest BCUT2D eigenvalue weighted by Crippen LogP contribution is 2.53. The third-order valence-electron chi connectivity index (χ3n) is 6.08. The zero-order valence-corrected chi connectivity index (χ0v) is 14.6. The van der Waals surface area contributed by atoms with Gasteiger partial charge in [-0.05, 0) is 48.7 Å². The molecule has 26 heavy (non-hydrogen) atoms. The van der Waals surface area contributed by atoms with Gasteiger partial charge in [0, 0.05) is 27.6 Å². The number of hydrogen-bond donors (Lipinski definition) is 1. The molecule has 4 nitrogen and oxygen atoms in total. The summed E-state index contributed by atoms with van der Waals surface area (Å²) >= 11 is 0. The third kappa shape index (κ3) is 1.80. The predicted molar refractivity (Wildman–Crippen MR) is 98.7 cm³/mol. The lowest BCUT2D eigenvalue weighted by molar-refractivity contribution is 0.103. The van der Waals surface area contributed by atoms with Crippen LogP contribution in [0.1, 0.15) is 58.4 Å². The maximum atomic E-state index is 13.4. The fourth-order valence-corrected chi connectivity index (χ4v) is 4.87. The van der Waals surface area contributed by atoms with Gasteiger partial charge >= 0.3 is 0 Å². The lowest BCUT2D eigenvalue weighted by atomic mass is 9.67. The van der Waals surface area contributed by atoms with Gasteiger partial charge in [-0.25, -0.2) is 0 Å². The van der Waals surface area contributed by atoms with Crippen LogP contribution in [0, 0.1) is 11.3 Å². The Morgan fingerprint density at radius 2 is 1.96 bits per heavy atom. The normalized spacial score (nSPS) is 17.2.